The molecule has 0 amide bonds. The predicted octanol–water partition coefficient (Wildman–Crippen LogP) is 0.461. The number of tetrazole rings is 1. The van der Waals surface area contributed by atoms with Gasteiger partial charge < -0.3 is 10.2 Å². The Morgan fingerprint density at radius 1 is 1.39 bits per heavy atom. The maximum Gasteiger partial charge on any atom is 0.176 e. The van der Waals surface area contributed by atoms with E-state index in [2.05, 4.69) is 60.5 Å². The van der Waals surface area contributed by atoms with Gasteiger partial charge in [-0.25, -0.2) is 0 Å². The Morgan fingerprint density at radius 2 is 2.06 bits per heavy atom. The molecule has 1 rings (SSSR count). The van der Waals surface area contributed by atoms with Gasteiger partial charge in [0.2, 0.25) is 0 Å². The van der Waals surface area contributed by atoms with E-state index in [9.17, 15) is 0 Å². The highest BCUT2D eigenvalue weighted by atomic mass is 15.6. The fourth-order valence-electron chi connectivity index (χ4n) is 2.22. The van der Waals surface area contributed by atoms with Crippen LogP contribution < -0.4 is 5.32 Å². The third-order valence-corrected chi connectivity index (χ3v) is 3.88. The quantitative estimate of drug-likeness (QED) is 0.766. The average Bonchev–Trinajstić information content (AvgIpc) is 2.73. The third-order valence-electron chi connectivity index (χ3n) is 3.88. The van der Waals surface area contributed by atoms with Crippen molar-refractivity contribution in [3.63, 3.8) is 0 Å². The van der Waals surface area contributed by atoms with Crippen molar-refractivity contribution in [1.29, 1.82) is 0 Å². The Morgan fingerprint density at radius 3 is 2.44 bits per heavy atom. The molecule has 0 aliphatic heterocycles. The van der Waals surface area contributed by atoms with Gasteiger partial charge >= 0.3 is 0 Å². The van der Waals surface area contributed by atoms with Crippen LogP contribution in [0.15, 0.2) is 0 Å². The van der Waals surface area contributed by atoms with Crippen LogP contribution in [0.1, 0.15) is 33.0 Å². The van der Waals surface area contributed by atoms with Crippen molar-refractivity contribution < 1.29 is 0 Å². The highest BCUT2D eigenvalue weighted by molar-refractivity contribution is 4.99. The Kier molecular flexibility index (Phi) is 5.22. The molecule has 0 aromatic carbocycles. The first-order chi connectivity index (χ1) is 8.43. The van der Waals surface area contributed by atoms with Crippen molar-refractivity contribution in [2.24, 2.45) is 7.05 Å². The monoisotopic (exact) mass is 254 g/mol. The number of aromatic nitrogens is 4. The van der Waals surface area contributed by atoms with Crippen LogP contribution in [0, 0.1) is 0 Å². The molecule has 18 heavy (non-hydrogen) atoms. The predicted molar refractivity (Wildman–Crippen MR) is 72.3 cm³/mol. The largest absolute Gasteiger partial charge is 0.312 e. The molecule has 1 aromatic rings. The van der Waals surface area contributed by atoms with Gasteiger partial charge in [0.25, 0.3) is 0 Å². The van der Waals surface area contributed by atoms with Gasteiger partial charge in [-0.3, -0.25) is 0 Å². The van der Waals surface area contributed by atoms with Crippen LogP contribution in [0.4, 0.5) is 0 Å². The van der Waals surface area contributed by atoms with Crippen LogP contribution in [-0.4, -0.2) is 57.3 Å². The molecule has 0 aliphatic rings. The van der Waals surface area contributed by atoms with Crippen molar-refractivity contribution in [2.45, 2.75) is 45.2 Å². The van der Waals surface area contributed by atoms with Crippen LogP contribution in [0.5, 0.6) is 0 Å². The van der Waals surface area contributed by atoms with Gasteiger partial charge in [-0.2, -0.15) is 4.80 Å². The lowest BCUT2D eigenvalue weighted by atomic mass is 9.85. The maximum absolute atomic E-state index is 4.28. The minimum atomic E-state index is 0.0786. The molecule has 6 heteroatoms. The van der Waals surface area contributed by atoms with Crippen LogP contribution in [0.2, 0.25) is 0 Å². The first kappa shape index (κ1) is 15.0. The molecule has 2 atom stereocenters. The van der Waals surface area contributed by atoms with E-state index in [4.69, 9.17) is 0 Å². The molecule has 0 spiro atoms. The van der Waals surface area contributed by atoms with Crippen molar-refractivity contribution in [1.82, 2.24) is 30.4 Å². The lowest BCUT2D eigenvalue weighted by molar-refractivity contribution is 0.112. The van der Waals surface area contributed by atoms with Crippen LogP contribution in [-0.2, 0) is 13.5 Å². The highest BCUT2D eigenvalue weighted by Crippen LogP contribution is 2.23. The summed E-state index contributed by atoms with van der Waals surface area (Å²) in [5, 5.41) is 15.8. The molecule has 2 unspecified atom stereocenters. The average molecular weight is 254 g/mol. The van der Waals surface area contributed by atoms with Crippen molar-refractivity contribution in [2.75, 3.05) is 20.6 Å². The van der Waals surface area contributed by atoms with Crippen molar-refractivity contribution in [3.05, 3.63) is 5.82 Å². The van der Waals surface area contributed by atoms with E-state index in [0.717, 1.165) is 25.2 Å². The molecular weight excluding hydrogens is 228 g/mol. The normalized spacial score (nSPS) is 16.8. The zero-order chi connectivity index (χ0) is 13.8. The molecule has 0 saturated heterocycles. The minimum Gasteiger partial charge on any atom is -0.312 e. The van der Waals surface area contributed by atoms with Gasteiger partial charge in [0, 0.05) is 18.0 Å². The van der Waals surface area contributed by atoms with Gasteiger partial charge in [0.05, 0.1) is 7.05 Å². The van der Waals surface area contributed by atoms with E-state index in [0.29, 0.717) is 6.04 Å². The summed E-state index contributed by atoms with van der Waals surface area (Å²) in [5.41, 5.74) is 0.0786. The molecule has 1 heterocycles. The number of likely N-dealkylation sites (N-methyl/N-ethyl adjacent to an activating group) is 2. The minimum absolute atomic E-state index is 0.0786. The molecule has 0 radical (unpaired) electrons. The van der Waals surface area contributed by atoms with Crippen molar-refractivity contribution >= 4 is 0 Å². The Balaban J connectivity index is 2.87. The summed E-state index contributed by atoms with van der Waals surface area (Å²) in [4.78, 5) is 3.79. The Bertz CT molecular complexity index is 361. The summed E-state index contributed by atoms with van der Waals surface area (Å²) in [6.07, 6.45) is 1.86. The summed E-state index contributed by atoms with van der Waals surface area (Å²) in [6, 6.07) is 0.312. The summed E-state index contributed by atoms with van der Waals surface area (Å²) in [6.45, 7) is 7.56. The molecule has 1 N–H and O–H groups in total. The Labute approximate surface area is 110 Å². The van der Waals surface area contributed by atoms with E-state index in [-0.39, 0.29) is 5.54 Å². The summed E-state index contributed by atoms with van der Waals surface area (Å²) in [5.74, 6) is 0.796. The van der Waals surface area contributed by atoms with Crippen LogP contribution in [0.3, 0.4) is 0 Å². The Hall–Kier alpha value is -1.01. The SMILES string of the molecule is CCNC(Cc1nnn(C)n1)C(C)(CC)N(C)C. The highest BCUT2D eigenvalue weighted by Gasteiger charge is 2.35. The van der Waals surface area contributed by atoms with Gasteiger partial charge in [0.1, 0.15) is 0 Å². The van der Waals surface area contributed by atoms with Crippen LogP contribution >= 0.6 is 0 Å². The molecule has 0 bridgehead atoms. The standard InChI is InChI=1S/C12H26N6/c1-7-12(3,17(4)5)10(13-8-2)9-11-14-16-18(6)15-11/h10,13H,7-9H2,1-6H3. The van der Waals surface area contributed by atoms with Gasteiger partial charge in [-0.15, -0.1) is 10.2 Å². The zero-order valence-electron chi connectivity index (χ0n) is 12.4. The second kappa shape index (κ2) is 6.24. The third kappa shape index (κ3) is 3.26. The number of nitrogens with zero attached hydrogens (tertiary/aromatic N) is 5. The van der Waals surface area contributed by atoms with E-state index in [1.165, 1.54) is 4.80 Å². The fraction of sp³-hybridized carbons (Fsp3) is 0.917. The fourth-order valence-corrected chi connectivity index (χ4v) is 2.22. The second-order valence-corrected chi connectivity index (χ2v) is 5.11. The van der Waals surface area contributed by atoms with E-state index in [1.54, 1.807) is 7.05 Å². The number of hydrogen-bond acceptors (Lipinski definition) is 5. The van der Waals surface area contributed by atoms with Gasteiger partial charge in [0.15, 0.2) is 5.82 Å². The van der Waals surface area contributed by atoms with Gasteiger partial charge in [-0.05, 0) is 39.2 Å². The molecule has 1 aromatic heterocycles. The lowest BCUT2D eigenvalue weighted by Crippen LogP contribution is -2.57. The smallest absolute Gasteiger partial charge is 0.176 e. The van der Waals surface area contributed by atoms with E-state index in [1.807, 2.05) is 0 Å². The first-order valence-electron chi connectivity index (χ1n) is 6.57. The second-order valence-electron chi connectivity index (χ2n) is 5.11. The van der Waals surface area contributed by atoms with Gasteiger partial charge in [-0.1, -0.05) is 13.8 Å². The number of hydrogen-bond donors (Lipinski definition) is 1. The maximum atomic E-state index is 4.28. The molecule has 104 valence electrons. The summed E-state index contributed by atoms with van der Waals surface area (Å²) < 4.78 is 0. The number of rotatable bonds is 7. The van der Waals surface area contributed by atoms with Crippen LogP contribution in [0.25, 0.3) is 0 Å². The number of nitrogens with one attached hydrogen (secondary N) is 1. The lowest BCUT2D eigenvalue weighted by Gasteiger charge is -2.42. The topological polar surface area (TPSA) is 58.9 Å². The molecule has 0 aliphatic carbocycles. The molecule has 6 nitrogen and oxygen atoms in total. The summed E-state index contributed by atoms with van der Waals surface area (Å²) in [7, 11) is 6.04. The summed E-state index contributed by atoms with van der Waals surface area (Å²) >= 11 is 0. The molecule has 0 saturated carbocycles. The molecule has 0 fully saturated rings. The van der Waals surface area contributed by atoms with E-state index >= 15 is 0 Å². The van der Waals surface area contributed by atoms with Crippen molar-refractivity contribution in [3.8, 4) is 0 Å². The zero-order valence-corrected chi connectivity index (χ0v) is 12.4. The van der Waals surface area contributed by atoms with E-state index < -0.39 is 0 Å². The first-order valence-corrected chi connectivity index (χ1v) is 6.57. The number of aryl methyl sites for hydroxylation is 1. The molecular formula is C12H26N6.